The van der Waals surface area contributed by atoms with Gasteiger partial charge in [-0.15, -0.1) is 28.1 Å². The Morgan fingerprint density at radius 2 is 1.84 bits per heavy atom. The minimum absolute atomic E-state index is 0.0812. The normalized spacial score (nSPS) is 10.7. The molecule has 2 aromatic heterocycles. The summed E-state index contributed by atoms with van der Waals surface area (Å²) < 4.78 is 2.02. The molecule has 0 aliphatic rings. The van der Waals surface area contributed by atoms with Gasteiger partial charge in [0.15, 0.2) is 11.0 Å². The van der Waals surface area contributed by atoms with Gasteiger partial charge < -0.3 is 5.32 Å². The highest BCUT2D eigenvalue weighted by molar-refractivity contribution is 7.99. The van der Waals surface area contributed by atoms with Gasteiger partial charge in [-0.2, -0.15) is 0 Å². The van der Waals surface area contributed by atoms with Crippen molar-refractivity contribution in [1.29, 1.82) is 0 Å². The van der Waals surface area contributed by atoms with E-state index >= 15 is 0 Å². The molecule has 0 unspecified atom stereocenters. The number of para-hydroxylation sites is 1. The monoisotopic (exact) mass is 446 g/mol. The molecule has 31 heavy (non-hydrogen) atoms. The van der Waals surface area contributed by atoms with E-state index in [1.54, 1.807) is 11.3 Å². The van der Waals surface area contributed by atoms with Crippen LogP contribution in [0.1, 0.15) is 4.88 Å². The van der Waals surface area contributed by atoms with Crippen molar-refractivity contribution in [2.75, 3.05) is 11.1 Å². The maximum atomic E-state index is 12.4. The number of aromatic nitrogens is 3. The van der Waals surface area contributed by atoms with Crippen LogP contribution >= 0.6 is 23.1 Å². The van der Waals surface area contributed by atoms with Crippen LogP contribution in [-0.2, 0) is 11.3 Å². The van der Waals surface area contributed by atoms with Crippen molar-refractivity contribution >= 4 is 34.7 Å². The Balaban J connectivity index is 1.59. The molecule has 1 N–H and O–H groups in total. The van der Waals surface area contributed by atoms with Gasteiger partial charge in [0.25, 0.3) is 0 Å². The zero-order valence-electron chi connectivity index (χ0n) is 17.1. The summed E-state index contributed by atoms with van der Waals surface area (Å²) in [5.41, 5.74) is 4.15. The van der Waals surface area contributed by atoms with Crippen molar-refractivity contribution in [3.05, 3.63) is 83.6 Å². The fraction of sp³-hybridized carbons (Fsp3) is 0.125. The number of thioether (sulfide) groups is 1. The van der Waals surface area contributed by atoms with E-state index in [0.717, 1.165) is 22.6 Å². The molecule has 156 valence electrons. The first-order chi connectivity index (χ1) is 15.2. The van der Waals surface area contributed by atoms with Gasteiger partial charge in [0.1, 0.15) is 0 Å². The molecule has 4 rings (SSSR count). The van der Waals surface area contributed by atoms with Gasteiger partial charge in [-0.25, -0.2) is 0 Å². The van der Waals surface area contributed by atoms with Crippen molar-refractivity contribution in [3.8, 4) is 22.5 Å². The van der Waals surface area contributed by atoms with Crippen LogP contribution in [0.25, 0.3) is 22.5 Å². The quantitative estimate of drug-likeness (QED) is 0.270. The van der Waals surface area contributed by atoms with Gasteiger partial charge in [0, 0.05) is 33.6 Å². The highest BCUT2D eigenvalue weighted by atomic mass is 32.2. The molecule has 2 heterocycles. The molecule has 0 bridgehead atoms. The highest BCUT2D eigenvalue weighted by Gasteiger charge is 2.20. The third-order valence-corrected chi connectivity index (χ3v) is 6.57. The molecular formula is C24H22N4OS2. The van der Waals surface area contributed by atoms with Crippen LogP contribution in [0.4, 0.5) is 5.69 Å². The Morgan fingerprint density at radius 1 is 1.13 bits per heavy atom. The fourth-order valence-corrected chi connectivity index (χ4v) is 4.93. The largest absolute Gasteiger partial charge is 0.325 e. The van der Waals surface area contributed by atoms with E-state index in [-0.39, 0.29) is 11.7 Å². The van der Waals surface area contributed by atoms with E-state index in [2.05, 4.69) is 46.5 Å². The molecule has 0 atom stereocenters. The Labute approximate surface area is 189 Å². The first kappa shape index (κ1) is 21.1. The molecule has 0 aliphatic heterocycles. The zero-order chi connectivity index (χ0) is 21.6. The number of hydrogen-bond donors (Lipinski definition) is 1. The van der Waals surface area contributed by atoms with Gasteiger partial charge in [-0.1, -0.05) is 66.4 Å². The van der Waals surface area contributed by atoms with Crippen molar-refractivity contribution in [1.82, 2.24) is 14.8 Å². The summed E-state index contributed by atoms with van der Waals surface area (Å²) in [5, 5.41) is 14.6. The molecule has 1 amide bonds. The smallest absolute Gasteiger partial charge is 0.234 e. The minimum Gasteiger partial charge on any atom is -0.325 e. The predicted molar refractivity (Wildman–Crippen MR) is 130 cm³/mol. The molecule has 4 aromatic rings. The first-order valence-corrected chi connectivity index (χ1v) is 11.7. The van der Waals surface area contributed by atoms with Gasteiger partial charge in [-0.3, -0.25) is 9.36 Å². The molecule has 7 heteroatoms. The van der Waals surface area contributed by atoms with E-state index in [9.17, 15) is 4.79 Å². The summed E-state index contributed by atoms with van der Waals surface area (Å²) in [5.74, 6) is 0.953. The second kappa shape index (κ2) is 9.76. The second-order valence-electron chi connectivity index (χ2n) is 6.85. The number of amides is 1. The van der Waals surface area contributed by atoms with E-state index < -0.39 is 0 Å². The SMILES string of the molecule is C=CCn1c(SCC(=O)Nc2ccccc2)nnc1-c1csc(C)c1-c1ccccc1. The summed E-state index contributed by atoms with van der Waals surface area (Å²) in [4.78, 5) is 13.6. The van der Waals surface area contributed by atoms with Gasteiger partial charge in [0.2, 0.25) is 5.91 Å². The molecule has 0 fully saturated rings. The van der Waals surface area contributed by atoms with Crippen LogP contribution < -0.4 is 5.32 Å². The van der Waals surface area contributed by atoms with Gasteiger partial charge >= 0.3 is 0 Å². The Kier molecular flexibility index (Phi) is 6.64. The second-order valence-corrected chi connectivity index (χ2v) is 8.88. The Morgan fingerprint density at radius 3 is 2.55 bits per heavy atom. The minimum atomic E-state index is -0.0812. The number of carbonyl (C=O) groups is 1. The van der Waals surface area contributed by atoms with Crippen LogP contribution in [0, 0.1) is 6.92 Å². The average Bonchev–Trinajstić information content (AvgIpc) is 3.37. The summed E-state index contributed by atoms with van der Waals surface area (Å²) in [7, 11) is 0. The number of nitrogens with zero attached hydrogens (tertiary/aromatic N) is 3. The number of allylic oxidation sites excluding steroid dienone is 1. The number of nitrogens with one attached hydrogen (secondary N) is 1. The number of thiophene rings is 1. The van der Waals surface area contributed by atoms with Crippen LogP contribution in [0.5, 0.6) is 0 Å². The third-order valence-electron chi connectivity index (χ3n) is 4.70. The van der Waals surface area contributed by atoms with Gasteiger partial charge in [0.05, 0.1) is 5.75 Å². The molecule has 0 spiro atoms. The number of carbonyl (C=O) groups excluding carboxylic acids is 1. The molecule has 5 nitrogen and oxygen atoms in total. The zero-order valence-corrected chi connectivity index (χ0v) is 18.7. The summed E-state index contributed by atoms with van der Waals surface area (Å²) in [6, 6.07) is 19.7. The van der Waals surface area contributed by atoms with Crippen LogP contribution in [0.2, 0.25) is 0 Å². The topological polar surface area (TPSA) is 59.8 Å². The number of aryl methyl sites for hydroxylation is 1. The van der Waals surface area contributed by atoms with Crippen molar-refractivity contribution in [3.63, 3.8) is 0 Å². The molecule has 0 saturated carbocycles. The van der Waals surface area contributed by atoms with Crippen LogP contribution in [0.15, 0.2) is 83.9 Å². The lowest BCUT2D eigenvalue weighted by molar-refractivity contribution is -0.113. The molecule has 0 radical (unpaired) electrons. The lowest BCUT2D eigenvalue weighted by atomic mass is 10.0. The summed E-state index contributed by atoms with van der Waals surface area (Å²) >= 11 is 3.07. The highest BCUT2D eigenvalue weighted by Crippen LogP contribution is 2.39. The summed E-state index contributed by atoms with van der Waals surface area (Å²) in [6.07, 6.45) is 1.82. The van der Waals surface area contributed by atoms with E-state index in [0.29, 0.717) is 11.7 Å². The van der Waals surface area contributed by atoms with Crippen molar-refractivity contribution in [2.45, 2.75) is 18.6 Å². The predicted octanol–water partition coefficient (Wildman–Crippen LogP) is 5.90. The Bertz CT molecular complexity index is 1180. The maximum absolute atomic E-state index is 12.4. The number of hydrogen-bond acceptors (Lipinski definition) is 5. The third kappa shape index (κ3) is 4.78. The average molecular weight is 447 g/mol. The lowest BCUT2D eigenvalue weighted by Crippen LogP contribution is -2.14. The van der Waals surface area contributed by atoms with Crippen molar-refractivity contribution in [2.24, 2.45) is 0 Å². The van der Waals surface area contributed by atoms with E-state index in [4.69, 9.17) is 0 Å². The number of anilines is 1. The molecule has 0 saturated heterocycles. The fourth-order valence-electron chi connectivity index (χ4n) is 3.32. The molecule has 2 aromatic carbocycles. The lowest BCUT2D eigenvalue weighted by Gasteiger charge is -2.10. The first-order valence-electron chi connectivity index (χ1n) is 9.83. The van der Waals surface area contributed by atoms with Crippen LogP contribution in [0.3, 0.4) is 0 Å². The van der Waals surface area contributed by atoms with Crippen LogP contribution in [-0.4, -0.2) is 26.4 Å². The standard InChI is InChI=1S/C24H22N4OS2/c1-3-14-28-23(20-15-30-17(2)22(20)18-10-6-4-7-11-18)26-27-24(28)31-16-21(29)25-19-12-8-5-9-13-19/h3-13,15H,1,14,16H2,2H3,(H,25,29). The van der Waals surface area contributed by atoms with E-state index in [1.165, 1.54) is 22.2 Å². The maximum Gasteiger partial charge on any atom is 0.234 e. The Hall–Kier alpha value is -3.16. The van der Waals surface area contributed by atoms with Gasteiger partial charge in [-0.05, 0) is 24.6 Å². The van der Waals surface area contributed by atoms with E-state index in [1.807, 2.05) is 59.2 Å². The van der Waals surface area contributed by atoms with Crippen molar-refractivity contribution < 1.29 is 4.79 Å². The summed E-state index contributed by atoms with van der Waals surface area (Å²) in [6.45, 7) is 6.57. The molecular weight excluding hydrogens is 424 g/mol. The molecule has 0 aliphatic carbocycles. The number of rotatable bonds is 8. The number of benzene rings is 2.